The van der Waals surface area contributed by atoms with Crippen LogP contribution in [0.3, 0.4) is 0 Å². The number of carbonyl (C=O) groups is 3. The van der Waals surface area contributed by atoms with Crippen molar-refractivity contribution in [2.45, 2.75) is 25.8 Å². The Kier molecular flexibility index (Phi) is 7.94. The largest absolute Gasteiger partial charge is 0.493 e. The molecule has 1 aromatic carbocycles. The number of likely N-dealkylation sites (tertiary alicyclic amines) is 1. The molecule has 0 spiro atoms. The van der Waals surface area contributed by atoms with Crippen molar-refractivity contribution in [2.75, 3.05) is 27.3 Å². The molecule has 1 unspecified atom stereocenters. The van der Waals surface area contributed by atoms with Crippen molar-refractivity contribution < 1.29 is 33.9 Å². The van der Waals surface area contributed by atoms with Gasteiger partial charge in [-0.25, -0.2) is 0 Å². The molecule has 1 atom stereocenters. The molecule has 0 bridgehead atoms. The fourth-order valence-electron chi connectivity index (χ4n) is 3.20. The van der Waals surface area contributed by atoms with Crippen LogP contribution in [0, 0.1) is 16.0 Å². The predicted octanol–water partition coefficient (Wildman–Crippen LogP) is 1.45. The van der Waals surface area contributed by atoms with Crippen molar-refractivity contribution in [1.82, 2.24) is 10.2 Å². The molecule has 11 heteroatoms. The number of methoxy groups -OCH3 is 2. The lowest BCUT2D eigenvalue weighted by Crippen LogP contribution is -2.46. The van der Waals surface area contributed by atoms with Gasteiger partial charge in [-0.05, 0) is 31.9 Å². The molecule has 0 aliphatic carbocycles. The Hall–Kier alpha value is -3.63. The van der Waals surface area contributed by atoms with E-state index in [0.29, 0.717) is 31.7 Å². The summed E-state index contributed by atoms with van der Waals surface area (Å²) in [6.45, 7) is 2.02. The van der Waals surface area contributed by atoms with Gasteiger partial charge in [-0.2, -0.15) is 0 Å². The van der Waals surface area contributed by atoms with Crippen LogP contribution >= 0.6 is 0 Å². The molecule has 1 aliphatic rings. The molecule has 2 rings (SSSR count). The maximum atomic E-state index is 12.5. The van der Waals surface area contributed by atoms with E-state index in [2.05, 4.69) is 5.32 Å². The minimum atomic E-state index is -1.12. The highest BCUT2D eigenvalue weighted by molar-refractivity contribution is 5.93. The zero-order valence-corrected chi connectivity index (χ0v) is 17.5. The van der Waals surface area contributed by atoms with Gasteiger partial charge in [-0.15, -0.1) is 0 Å². The Morgan fingerprint density at radius 3 is 2.32 bits per heavy atom. The average molecular weight is 435 g/mol. The molecule has 2 amide bonds. The minimum Gasteiger partial charge on any atom is -0.493 e. The van der Waals surface area contributed by atoms with Crippen molar-refractivity contribution in [2.24, 2.45) is 5.92 Å². The summed E-state index contributed by atoms with van der Waals surface area (Å²) in [7, 11) is 2.77. The number of aliphatic carboxylic acids is 1. The number of carbonyl (C=O) groups excluding carboxylic acids is 2. The van der Waals surface area contributed by atoms with E-state index >= 15 is 0 Å². The van der Waals surface area contributed by atoms with E-state index < -0.39 is 16.9 Å². The van der Waals surface area contributed by atoms with Crippen LogP contribution in [0.4, 0.5) is 5.69 Å². The lowest BCUT2D eigenvalue weighted by molar-refractivity contribution is -0.385. The summed E-state index contributed by atoms with van der Waals surface area (Å²) in [5.41, 5.74) is -0.0439. The van der Waals surface area contributed by atoms with Crippen LogP contribution in [0.2, 0.25) is 0 Å². The number of piperidine rings is 1. The van der Waals surface area contributed by atoms with Crippen molar-refractivity contribution in [3.05, 3.63) is 33.9 Å². The number of rotatable bonds is 8. The van der Waals surface area contributed by atoms with E-state index in [1.807, 2.05) is 0 Å². The third-order valence-electron chi connectivity index (χ3n) is 5.04. The second-order valence-electron chi connectivity index (χ2n) is 7.02. The van der Waals surface area contributed by atoms with Gasteiger partial charge in [0.2, 0.25) is 11.8 Å². The van der Waals surface area contributed by atoms with Crippen molar-refractivity contribution in [1.29, 1.82) is 0 Å². The van der Waals surface area contributed by atoms with E-state index in [0.717, 1.165) is 0 Å². The summed E-state index contributed by atoms with van der Waals surface area (Å²) in [5.74, 6) is -1.68. The Morgan fingerprint density at radius 1 is 1.23 bits per heavy atom. The molecule has 31 heavy (non-hydrogen) atoms. The highest BCUT2D eigenvalue weighted by atomic mass is 16.6. The Bertz CT molecular complexity index is 891. The number of nitro groups is 1. The predicted molar refractivity (Wildman–Crippen MR) is 110 cm³/mol. The van der Waals surface area contributed by atoms with Gasteiger partial charge < -0.3 is 24.8 Å². The topological polar surface area (TPSA) is 148 Å². The fraction of sp³-hybridized carbons (Fsp3) is 0.450. The molecule has 2 N–H and O–H groups in total. The van der Waals surface area contributed by atoms with Crippen LogP contribution in [0.1, 0.15) is 25.3 Å². The van der Waals surface area contributed by atoms with Gasteiger partial charge in [-0.3, -0.25) is 24.5 Å². The van der Waals surface area contributed by atoms with Crippen LogP contribution < -0.4 is 14.8 Å². The number of benzene rings is 1. The SMILES string of the molecule is COc1cc(/C=C/C(=O)N2CCC(C(=O)NC(C)C(=O)O)CC2)c([N+](=O)[O-])cc1OC. The van der Waals surface area contributed by atoms with Crippen LogP contribution in [-0.2, 0) is 14.4 Å². The minimum absolute atomic E-state index is 0.188. The van der Waals surface area contributed by atoms with Crippen molar-refractivity contribution >= 4 is 29.5 Å². The van der Waals surface area contributed by atoms with Gasteiger partial charge in [0.1, 0.15) is 6.04 Å². The number of nitrogens with zero attached hydrogens (tertiary/aromatic N) is 2. The number of carboxylic acids is 1. The van der Waals surface area contributed by atoms with Gasteiger partial charge in [0.05, 0.1) is 30.8 Å². The molecular weight excluding hydrogens is 410 g/mol. The maximum absolute atomic E-state index is 12.5. The summed E-state index contributed by atoms with van der Waals surface area (Å²) in [6.07, 6.45) is 3.37. The van der Waals surface area contributed by atoms with Crippen molar-refractivity contribution in [3.8, 4) is 11.5 Å². The molecule has 1 saturated heterocycles. The van der Waals surface area contributed by atoms with Gasteiger partial charge in [0, 0.05) is 25.1 Å². The van der Waals surface area contributed by atoms with Gasteiger partial charge >= 0.3 is 5.97 Å². The molecule has 0 radical (unpaired) electrons. The Labute approximate surface area is 178 Å². The van der Waals surface area contributed by atoms with Crippen LogP contribution in [0.5, 0.6) is 11.5 Å². The maximum Gasteiger partial charge on any atom is 0.325 e. The van der Waals surface area contributed by atoms with Crippen molar-refractivity contribution in [3.63, 3.8) is 0 Å². The second-order valence-corrected chi connectivity index (χ2v) is 7.02. The molecule has 11 nitrogen and oxygen atoms in total. The number of amides is 2. The van der Waals surface area contributed by atoms with E-state index in [9.17, 15) is 24.5 Å². The molecule has 168 valence electrons. The number of nitrogens with one attached hydrogen (secondary N) is 1. The highest BCUT2D eigenvalue weighted by Crippen LogP contribution is 2.35. The normalized spacial score (nSPS) is 15.4. The van der Waals surface area contributed by atoms with Crippen LogP contribution in [0.25, 0.3) is 6.08 Å². The third kappa shape index (κ3) is 5.93. The van der Waals surface area contributed by atoms with E-state index in [-0.39, 0.29) is 34.7 Å². The van der Waals surface area contributed by atoms with Gasteiger partial charge in [-0.1, -0.05) is 0 Å². The lowest BCUT2D eigenvalue weighted by Gasteiger charge is -2.31. The highest BCUT2D eigenvalue weighted by Gasteiger charge is 2.28. The van der Waals surface area contributed by atoms with Gasteiger partial charge in [0.15, 0.2) is 11.5 Å². The molecule has 0 aromatic heterocycles. The van der Waals surface area contributed by atoms with Crippen LogP contribution in [-0.4, -0.2) is 66.1 Å². The Balaban J connectivity index is 2.04. The fourth-order valence-corrected chi connectivity index (χ4v) is 3.20. The number of hydrogen-bond donors (Lipinski definition) is 2. The molecule has 1 fully saturated rings. The van der Waals surface area contributed by atoms with Gasteiger partial charge in [0.25, 0.3) is 5.69 Å². The summed E-state index contributed by atoms with van der Waals surface area (Å²) >= 11 is 0. The van der Waals surface area contributed by atoms with Crippen LogP contribution in [0.15, 0.2) is 18.2 Å². The summed E-state index contributed by atoms with van der Waals surface area (Å²) in [4.78, 5) is 47.8. The third-order valence-corrected chi connectivity index (χ3v) is 5.04. The van der Waals surface area contributed by atoms with E-state index in [1.54, 1.807) is 0 Å². The molecule has 1 aromatic rings. The van der Waals surface area contributed by atoms with E-state index in [1.165, 1.54) is 50.3 Å². The molecule has 0 saturated carbocycles. The Morgan fingerprint density at radius 2 is 1.81 bits per heavy atom. The second kappa shape index (κ2) is 10.4. The number of ether oxygens (including phenoxy) is 2. The van der Waals surface area contributed by atoms with E-state index in [4.69, 9.17) is 14.6 Å². The first-order chi connectivity index (χ1) is 14.7. The quantitative estimate of drug-likeness (QED) is 0.354. The standard InChI is InChI=1S/C20H25N3O8/c1-12(20(26)27)21-19(25)13-6-8-22(9-7-13)18(24)5-4-14-10-16(30-2)17(31-3)11-15(14)23(28)29/h4-5,10-13H,6-9H2,1-3H3,(H,21,25)(H,26,27)/b5-4+. The monoisotopic (exact) mass is 435 g/mol. The first-order valence-corrected chi connectivity index (χ1v) is 9.58. The summed E-state index contributed by atoms with van der Waals surface area (Å²) in [5, 5.41) is 22.7. The molecule has 1 heterocycles. The molecular formula is C20H25N3O8. The summed E-state index contributed by atoms with van der Waals surface area (Å²) < 4.78 is 10.2. The first kappa shape index (κ1) is 23.6. The number of carboxylic acid groups (broad SMARTS) is 1. The number of hydrogen-bond acceptors (Lipinski definition) is 7. The zero-order valence-electron chi connectivity index (χ0n) is 17.5. The summed E-state index contributed by atoms with van der Waals surface area (Å²) in [6, 6.07) is 1.67. The molecule has 1 aliphatic heterocycles. The smallest absolute Gasteiger partial charge is 0.325 e. The number of nitro benzene ring substituents is 1. The zero-order chi connectivity index (χ0) is 23.1. The first-order valence-electron chi connectivity index (χ1n) is 9.58. The average Bonchev–Trinajstić information content (AvgIpc) is 2.76. The lowest BCUT2D eigenvalue weighted by atomic mass is 9.95.